The number of carbonyl (C=O) groups is 2. The third kappa shape index (κ3) is 2.71. The average molecular weight is 359 g/mol. The fraction of sp³-hybridized carbons (Fsp3) is 0.909. The third-order valence-electron chi connectivity index (χ3n) is 8.53. The minimum Gasteiger partial charge on any atom is -0.310 e. The molecule has 2 N–H and O–H groups in total. The maximum Gasteiger partial charge on any atom is 0.142 e. The molecule has 144 valence electrons. The van der Waals surface area contributed by atoms with Crippen molar-refractivity contribution in [2.75, 3.05) is 0 Å². The van der Waals surface area contributed by atoms with E-state index in [1.54, 1.807) is 0 Å². The summed E-state index contributed by atoms with van der Waals surface area (Å²) in [6.07, 6.45) is 8.59. The maximum absolute atomic E-state index is 13.3. The van der Waals surface area contributed by atoms with E-state index in [1.807, 2.05) is 0 Å². The molecule has 0 aromatic heterocycles. The fourth-order valence-electron chi connectivity index (χ4n) is 7.09. The highest BCUT2D eigenvalue weighted by atomic mass is 16.1. The number of ketones is 2. The smallest absolute Gasteiger partial charge is 0.142 e. The van der Waals surface area contributed by atoms with Gasteiger partial charge in [-0.2, -0.15) is 0 Å². The molecule has 26 heavy (non-hydrogen) atoms. The van der Waals surface area contributed by atoms with Gasteiger partial charge < -0.3 is 10.6 Å². The van der Waals surface area contributed by atoms with Crippen molar-refractivity contribution in [1.29, 1.82) is 0 Å². The lowest BCUT2D eigenvalue weighted by molar-refractivity contribution is -0.144. The van der Waals surface area contributed by atoms with Crippen molar-refractivity contribution in [2.24, 2.45) is 35.5 Å². The monoisotopic (exact) mass is 358 g/mol. The van der Waals surface area contributed by atoms with Crippen LogP contribution in [0.5, 0.6) is 0 Å². The Morgan fingerprint density at radius 3 is 1.38 bits per heavy atom. The van der Waals surface area contributed by atoms with E-state index in [0.717, 1.165) is 38.5 Å². The van der Waals surface area contributed by atoms with Crippen LogP contribution in [-0.4, -0.2) is 35.7 Å². The van der Waals surface area contributed by atoms with E-state index in [-0.39, 0.29) is 35.8 Å². The summed E-state index contributed by atoms with van der Waals surface area (Å²) < 4.78 is 0. The molecule has 0 spiro atoms. The van der Waals surface area contributed by atoms with Crippen LogP contribution in [-0.2, 0) is 9.59 Å². The molecule has 5 aliphatic rings. The van der Waals surface area contributed by atoms with Gasteiger partial charge in [0.15, 0.2) is 0 Å². The third-order valence-corrected chi connectivity index (χ3v) is 8.53. The maximum atomic E-state index is 13.3. The van der Waals surface area contributed by atoms with Gasteiger partial charge in [0.1, 0.15) is 11.6 Å². The van der Waals surface area contributed by atoms with E-state index >= 15 is 0 Å². The zero-order chi connectivity index (χ0) is 18.0. The molecule has 10 atom stereocenters. The zero-order valence-electron chi connectivity index (χ0n) is 16.2. The van der Waals surface area contributed by atoms with Crippen LogP contribution in [0.4, 0.5) is 0 Å². The summed E-state index contributed by atoms with van der Waals surface area (Å²) in [5.74, 6) is 3.07. The summed E-state index contributed by atoms with van der Waals surface area (Å²) in [4.78, 5) is 26.5. The van der Waals surface area contributed by atoms with Gasteiger partial charge in [-0.3, -0.25) is 9.59 Å². The van der Waals surface area contributed by atoms with Crippen molar-refractivity contribution >= 4 is 11.6 Å². The molecule has 5 fully saturated rings. The Kier molecular flexibility index (Phi) is 4.28. The standard InChI is InChI=1S/C22H34N2O2/c1-11-3-5-17-13(7-11)21(25)15-9-20-16(10-19(15)23-17)22(26)14-8-12(2)4-6-18(14)24-20/h11-20,23-24H,3-10H2,1-2H3. The minimum atomic E-state index is 0.127. The summed E-state index contributed by atoms with van der Waals surface area (Å²) in [7, 11) is 0. The molecule has 0 amide bonds. The van der Waals surface area contributed by atoms with Gasteiger partial charge in [0.25, 0.3) is 0 Å². The number of Topliss-reactive ketones (excluding diaryl/α,β-unsaturated/α-hetero) is 2. The number of piperidine rings is 2. The average Bonchev–Trinajstić information content (AvgIpc) is 2.63. The van der Waals surface area contributed by atoms with Gasteiger partial charge in [0.2, 0.25) is 0 Å². The molecule has 0 bridgehead atoms. The fourth-order valence-corrected chi connectivity index (χ4v) is 7.09. The van der Waals surface area contributed by atoms with Crippen LogP contribution in [0.25, 0.3) is 0 Å². The second-order valence-corrected chi connectivity index (χ2v) is 10.3. The van der Waals surface area contributed by atoms with Gasteiger partial charge in [-0.05, 0) is 63.2 Å². The van der Waals surface area contributed by atoms with E-state index in [1.165, 1.54) is 12.8 Å². The van der Waals surface area contributed by atoms with E-state index < -0.39 is 0 Å². The lowest BCUT2D eigenvalue weighted by atomic mass is 9.60. The number of carbonyl (C=O) groups excluding carboxylic acids is 2. The predicted octanol–water partition coefficient (Wildman–Crippen LogP) is 2.70. The van der Waals surface area contributed by atoms with Gasteiger partial charge in [-0.25, -0.2) is 0 Å². The van der Waals surface area contributed by atoms with Crippen molar-refractivity contribution < 1.29 is 9.59 Å². The van der Waals surface area contributed by atoms with E-state index in [4.69, 9.17) is 0 Å². The van der Waals surface area contributed by atoms with Gasteiger partial charge in [0.05, 0.1) is 0 Å². The Bertz CT molecular complexity index is 553. The second kappa shape index (κ2) is 6.41. The number of nitrogens with one attached hydrogen (secondary N) is 2. The first kappa shape index (κ1) is 17.4. The van der Waals surface area contributed by atoms with E-state index in [9.17, 15) is 9.59 Å². The molecule has 5 rings (SSSR count). The Balaban J connectivity index is 1.36. The highest BCUT2D eigenvalue weighted by Gasteiger charge is 2.54. The molecule has 0 aromatic carbocycles. The number of hydrogen-bond acceptors (Lipinski definition) is 4. The number of rotatable bonds is 0. The predicted molar refractivity (Wildman–Crippen MR) is 101 cm³/mol. The topological polar surface area (TPSA) is 58.2 Å². The second-order valence-electron chi connectivity index (χ2n) is 10.3. The van der Waals surface area contributed by atoms with Gasteiger partial charge in [0, 0.05) is 47.8 Å². The lowest BCUT2D eigenvalue weighted by Gasteiger charge is -2.53. The Labute approximate surface area is 157 Å². The summed E-state index contributed by atoms with van der Waals surface area (Å²) in [6.45, 7) is 4.58. The Hall–Kier alpha value is -0.740. The Morgan fingerprint density at radius 1 is 0.577 bits per heavy atom. The highest BCUT2D eigenvalue weighted by Crippen LogP contribution is 2.45. The molecule has 3 saturated carbocycles. The highest BCUT2D eigenvalue weighted by molar-refractivity contribution is 5.89. The molecule has 0 aromatic rings. The largest absolute Gasteiger partial charge is 0.310 e. The van der Waals surface area contributed by atoms with E-state index in [2.05, 4.69) is 24.5 Å². The molecule has 2 saturated heterocycles. The first-order valence-electron chi connectivity index (χ1n) is 11.1. The molecule has 2 aliphatic heterocycles. The molecule has 2 heterocycles. The molecule has 0 radical (unpaired) electrons. The first-order chi connectivity index (χ1) is 12.5. The molecule has 4 heteroatoms. The van der Waals surface area contributed by atoms with Crippen molar-refractivity contribution in [2.45, 2.75) is 89.4 Å². The van der Waals surface area contributed by atoms with Crippen molar-refractivity contribution in [3.8, 4) is 0 Å². The quantitative estimate of drug-likeness (QED) is 0.699. The van der Waals surface area contributed by atoms with Gasteiger partial charge >= 0.3 is 0 Å². The van der Waals surface area contributed by atoms with Crippen LogP contribution in [0, 0.1) is 35.5 Å². The van der Waals surface area contributed by atoms with Crippen LogP contribution in [0.1, 0.15) is 65.2 Å². The summed E-state index contributed by atoms with van der Waals surface area (Å²) in [5, 5.41) is 7.68. The summed E-state index contributed by atoms with van der Waals surface area (Å²) in [6, 6.07) is 1.21. The molecular weight excluding hydrogens is 324 g/mol. The van der Waals surface area contributed by atoms with Crippen molar-refractivity contribution in [1.82, 2.24) is 10.6 Å². The number of fused-ring (bicyclic) bond motifs is 4. The van der Waals surface area contributed by atoms with Gasteiger partial charge in [-0.1, -0.05) is 13.8 Å². The normalized spacial score (nSPS) is 53.9. The summed E-state index contributed by atoms with van der Waals surface area (Å²) in [5.41, 5.74) is 0. The summed E-state index contributed by atoms with van der Waals surface area (Å²) >= 11 is 0. The van der Waals surface area contributed by atoms with Crippen LogP contribution in [0.2, 0.25) is 0 Å². The van der Waals surface area contributed by atoms with Crippen LogP contribution < -0.4 is 10.6 Å². The molecular formula is C22H34N2O2. The van der Waals surface area contributed by atoms with Crippen molar-refractivity contribution in [3.63, 3.8) is 0 Å². The van der Waals surface area contributed by atoms with Crippen LogP contribution in [0.15, 0.2) is 0 Å². The van der Waals surface area contributed by atoms with Crippen LogP contribution in [0.3, 0.4) is 0 Å². The first-order valence-corrected chi connectivity index (χ1v) is 11.1. The number of hydrogen-bond donors (Lipinski definition) is 2. The molecule has 4 nitrogen and oxygen atoms in total. The van der Waals surface area contributed by atoms with Gasteiger partial charge in [-0.15, -0.1) is 0 Å². The van der Waals surface area contributed by atoms with E-state index in [0.29, 0.717) is 35.5 Å². The lowest BCUT2D eigenvalue weighted by Crippen LogP contribution is -2.67. The van der Waals surface area contributed by atoms with Crippen LogP contribution >= 0.6 is 0 Å². The SMILES string of the molecule is CC1CCC2NC3CC4C(=O)C5CC(C)CCC5NC4CC3C(=O)C2C1. The zero-order valence-corrected chi connectivity index (χ0v) is 16.2. The molecule has 3 aliphatic carbocycles. The Morgan fingerprint density at radius 2 is 0.962 bits per heavy atom. The molecule has 10 unspecified atom stereocenters. The minimum absolute atomic E-state index is 0.127. The van der Waals surface area contributed by atoms with Crippen molar-refractivity contribution in [3.05, 3.63) is 0 Å².